The third kappa shape index (κ3) is 4.13. The van der Waals surface area contributed by atoms with Gasteiger partial charge in [-0.25, -0.2) is 5.01 Å². The molecule has 0 radical (unpaired) electrons. The van der Waals surface area contributed by atoms with Gasteiger partial charge < -0.3 is 4.74 Å². The minimum absolute atomic E-state index is 0.0317. The minimum atomic E-state index is -4.49. The highest BCUT2D eigenvalue weighted by Crippen LogP contribution is 2.38. The zero-order valence-corrected chi connectivity index (χ0v) is 12.3. The molecule has 0 saturated carbocycles. The van der Waals surface area contributed by atoms with Gasteiger partial charge >= 0.3 is 6.18 Å². The van der Waals surface area contributed by atoms with Crippen LogP contribution >= 0.6 is 0 Å². The molecule has 0 bridgehead atoms. The molecule has 1 saturated heterocycles. The van der Waals surface area contributed by atoms with E-state index in [1.165, 1.54) is 18.2 Å². The van der Waals surface area contributed by atoms with Crippen LogP contribution in [0.5, 0.6) is 5.75 Å². The van der Waals surface area contributed by atoms with Gasteiger partial charge in [0, 0.05) is 13.0 Å². The summed E-state index contributed by atoms with van der Waals surface area (Å²) in [5, 5.41) is 0.938. The van der Waals surface area contributed by atoms with Crippen LogP contribution in [0.1, 0.15) is 37.8 Å². The highest BCUT2D eigenvalue weighted by atomic mass is 19.4. The molecule has 2 rings (SSSR count). The number of ether oxygens (including phenoxy) is 1. The summed E-state index contributed by atoms with van der Waals surface area (Å²) in [6.07, 6.45) is -2.63. The highest BCUT2D eigenvalue weighted by Gasteiger charge is 2.46. The maximum absolute atomic E-state index is 13.4. The second kappa shape index (κ2) is 7.00. The predicted molar refractivity (Wildman–Crippen MR) is 75.1 cm³/mol. The lowest BCUT2D eigenvalue weighted by atomic mass is 10.1. The molecule has 1 aliphatic rings. The van der Waals surface area contributed by atoms with Crippen LogP contribution < -0.4 is 10.2 Å². The van der Waals surface area contributed by atoms with Crippen LogP contribution in [0.25, 0.3) is 0 Å². The number of nitrogens with one attached hydrogen (secondary N) is 1. The average molecular weight is 316 g/mol. The maximum Gasteiger partial charge on any atom is 0.409 e. The number of hydrazine groups is 1. The van der Waals surface area contributed by atoms with Crippen molar-refractivity contribution in [3.8, 4) is 5.75 Å². The molecule has 1 aliphatic heterocycles. The molecule has 4 nitrogen and oxygen atoms in total. The molecule has 0 spiro atoms. The van der Waals surface area contributed by atoms with Crippen molar-refractivity contribution in [1.82, 2.24) is 10.4 Å². The van der Waals surface area contributed by atoms with E-state index in [0.717, 1.165) is 17.9 Å². The van der Waals surface area contributed by atoms with Gasteiger partial charge in [-0.05, 0) is 24.1 Å². The Morgan fingerprint density at radius 2 is 2.18 bits per heavy atom. The summed E-state index contributed by atoms with van der Waals surface area (Å²) in [6, 6.07) is 4.09. The van der Waals surface area contributed by atoms with E-state index in [4.69, 9.17) is 4.74 Å². The first kappa shape index (κ1) is 16.6. The van der Waals surface area contributed by atoms with Crippen LogP contribution in [0.15, 0.2) is 24.3 Å². The van der Waals surface area contributed by atoms with Crippen LogP contribution in [-0.2, 0) is 4.79 Å². The Bertz CT molecular complexity index is 520. The molecule has 0 unspecified atom stereocenters. The van der Waals surface area contributed by atoms with E-state index >= 15 is 0 Å². The molecule has 1 heterocycles. The van der Waals surface area contributed by atoms with Crippen molar-refractivity contribution >= 4 is 5.91 Å². The molecule has 0 aromatic heterocycles. The van der Waals surface area contributed by atoms with Crippen molar-refractivity contribution in [3.05, 3.63) is 29.8 Å². The Labute approximate surface area is 127 Å². The predicted octanol–water partition coefficient (Wildman–Crippen LogP) is 3.21. The number of alkyl halides is 3. The first-order chi connectivity index (χ1) is 10.4. The van der Waals surface area contributed by atoms with Crippen LogP contribution in [0.3, 0.4) is 0 Å². The lowest BCUT2D eigenvalue weighted by Crippen LogP contribution is -2.43. The number of benzene rings is 1. The molecule has 1 atom stereocenters. The first-order valence-electron chi connectivity index (χ1n) is 7.27. The van der Waals surface area contributed by atoms with E-state index in [1.54, 1.807) is 6.07 Å². The fourth-order valence-electron chi connectivity index (χ4n) is 2.34. The number of hydrogen-bond donors (Lipinski definition) is 1. The Kier molecular flexibility index (Phi) is 5.28. The van der Waals surface area contributed by atoms with Crippen molar-refractivity contribution < 1.29 is 22.7 Å². The summed E-state index contributed by atoms with van der Waals surface area (Å²) in [7, 11) is 0. The number of halogens is 3. The van der Waals surface area contributed by atoms with Gasteiger partial charge in [0.1, 0.15) is 11.8 Å². The zero-order valence-electron chi connectivity index (χ0n) is 12.3. The van der Waals surface area contributed by atoms with Crippen molar-refractivity contribution in [1.29, 1.82) is 0 Å². The SMILES string of the molecule is CCCCOc1cccc([C@H](N2CCC(=O)N2)C(F)(F)F)c1. The molecular weight excluding hydrogens is 297 g/mol. The number of rotatable bonds is 6. The van der Waals surface area contributed by atoms with Crippen LogP contribution in [0, 0.1) is 0 Å². The molecule has 1 fully saturated rings. The monoisotopic (exact) mass is 316 g/mol. The molecule has 1 aromatic rings. The maximum atomic E-state index is 13.4. The van der Waals surface area contributed by atoms with Gasteiger partial charge in [-0.15, -0.1) is 0 Å². The van der Waals surface area contributed by atoms with E-state index in [1.807, 2.05) is 6.92 Å². The van der Waals surface area contributed by atoms with Gasteiger partial charge in [0.2, 0.25) is 5.91 Å². The normalized spacial score (nSPS) is 17.4. The second-order valence-corrected chi connectivity index (χ2v) is 5.20. The topological polar surface area (TPSA) is 41.6 Å². The van der Waals surface area contributed by atoms with E-state index < -0.39 is 18.1 Å². The molecule has 0 aliphatic carbocycles. The molecule has 7 heteroatoms. The molecule has 122 valence electrons. The van der Waals surface area contributed by atoms with Crippen molar-refractivity contribution in [2.24, 2.45) is 0 Å². The van der Waals surface area contributed by atoms with Gasteiger partial charge in [0.05, 0.1) is 6.61 Å². The fraction of sp³-hybridized carbons (Fsp3) is 0.533. The smallest absolute Gasteiger partial charge is 0.409 e. The Balaban J connectivity index is 2.20. The largest absolute Gasteiger partial charge is 0.494 e. The first-order valence-corrected chi connectivity index (χ1v) is 7.27. The average Bonchev–Trinajstić information content (AvgIpc) is 2.84. The standard InChI is InChI=1S/C15H19F3N2O2/c1-2-3-9-22-12-6-4-5-11(10-12)14(15(16,17)18)20-8-7-13(21)19-20/h4-6,10,14H,2-3,7-9H2,1H3,(H,19,21)/t14-/m0/s1. The number of unbranched alkanes of at least 4 members (excludes halogenated alkanes) is 1. The van der Waals surface area contributed by atoms with Gasteiger partial charge in [-0.1, -0.05) is 25.5 Å². The number of carbonyl (C=O) groups is 1. The summed E-state index contributed by atoms with van der Waals surface area (Å²) < 4.78 is 45.6. The van der Waals surface area contributed by atoms with E-state index in [9.17, 15) is 18.0 Å². The number of amides is 1. The third-order valence-corrected chi connectivity index (χ3v) is 3.41. The summed E-state index contributed by atoms with van der Waals surface area (Å²) in [5.41, 5.74) is 2.32. The molecule has 1 N–H and O–H groups in total. The van der Waals surface area contributed by atoms with Crippen LogP contribution in [0.4, 0.5) is 13.2 Å². The Hall–Kier alpha value is -1.76. The minimum Gasteiger partial charge on any atom is -0.494 e. The lowest BCUT2D eigenvalue weighted by molar-refractivity contribution is -0.191. The van der Waals surface area contributed by atoms with Crippen LogP contribution in [0.2, 0.25) is 0 Å². The number of hydrogen-bond acceptors (Lipinski definition) is 3. The van der Waals surface area contributed by atoms with Crippen molar-refractivity contribution in [2.45, 2.75) is 38.4 Å². The second-order valence-electron chi connectivity index (χ2n) is 5.20. The zero-order chi connectivity index (χ0) is 16.2. The van der Waals surface area contributed by atoms with Crippen molar-refractivity contribution in [2.75, 3.05) is 13.2 Å². The summed E-state index contributed by atoms with van der Waals surface area (Å²) in [5.74, 6) is 0.00956. The van der Waals surface area contributed by atoms with Gasteiger partial charge in [0.25, 0.3) is 0 Å². The quantitative estimate of drug-likeness (QED) is 0.820. The highest BCUT2D eigenvalue weighted by molar-refractivity contribution is 5.77. The summed E-state index contributed by atoms with van der Waals surface area (Å²) >= 11 is 0. The summed E-state index contributed by atoms with van der Waals surface area (Å²) in [4.78, 5) is 11.2. The Morgan fingerprint density at radius 1 is 1.41 bits per heavy atom. The van der Waals surface area contributed by atoms with E-state index in [0.29, 0.717) is 12.4 Å². The lowest BCUT2D eigenvalue weighted by Gasteiger charge is -2.29. The molecule has 22 heavy (non-hydrogen) atoms. The van der Waals surface area contributed by atoms with Gasteiger partial charge in [-0.3, -0.25) is 10.2 Å². The number of nitrogens with zero attached hydrogens (tertiary/aromatic N) is 1. The number of carbonyl (C=O) groups excluding carboxylic acids is 1. The van der Waals surface area contributed by atoms with Crippen molar-refractivity contribution in [3.63, 3.8) is 0 Å². The Morgan fingerprint density at radius 3 is 2.77 bits per heavy atom. The molecular formula is C15H19F3N2O2. The fourth-order valence-corrected chi connectivity index (χ4v) is 2.34. The third-order valence-electron chi connectivity index (χ3n) is 3.41. The van der Waals surface area contributed by atoms with Gasteiger partial charge in [0.15, 0.2) is 0 Å². The van der Waals surface area contributed by atoms with Gasteiger partial charge in [-0.2, -0.15) is 13.2 Å². The molecule has 1 aromatic carbocycles. The molecule has 1 amide bonds. The van der Waals surface area contributed by atoms with Crippen LogP contribution in [-0.4, -0.2) is 30.2 Å². The summed E-state index contributed by atoms with van der Waals surface area (Å²) in [6.45, 7) is 2.51. The van der Waals surface area contributed by atoms with E-state index in [-0.39, 0.29) is 18.5 Å². The van der Waals surface area contributed by atoms with E-state index in [2.05, 4.69) is 5.43 Å².